The molecule has 0 aromatic carbocycles. The van der Waals surface area contributed by atoms with E-state index in [1.54, 1.807) is 0 Å². The fourth-order valence-electron chi connectivity index (χ4n) is 3.49. The molecule has 3 atom stereocenters. The number of ketones is 1. The number of carboxylic acids is 1. The van der Waals surface area contributed by atoms with Gasteiger partial charge in [-0.2, -0.15) is 0 Å². The SMILES string of the molecule is CCCCC(C)(C)[C@H](O)C=C[C@H]1CCC(=O)[C@@H]1CC=CCCCC(=O)O. The van der Waals surface area contributed by atoms with Gasteiger partial charge >= 0.3 is 5.97 Å². The zero-order chi connectivity index (χ0) is 19.6. The lowest BCUT2D eigenvalue weighted by atomic mass is 9.80. The van der Waals surface area contributed by atoms with Crippen molar-refractivity contribution < 1.29 is 19.8 Å². The van der Waals surface area contributed by atoms with Crippen molar-refractivity contribution >= 4 is 11.8 Å². The fraction of sp³-hybridized carbons (Fsp3) is 0.727. The second kappa shape index (κ2) is 11.3. The van der Waals surface area contributed by atoms with Gasteiger partial charge in [-0.25, -0.2) is 0 Å². The van der Waals surface area contributed by atoms with E-state index in [0.717, 1.165) is 32.1 Å². The molecule has 2 N–H and O–H groups in total. The van der Waals surface area contributed by atoms with Crippen LogP contribution in [0.5, 0.6) is 0 Å². The molecule has 0 radical (unpaired) electrons. The molecule has 0 unspecified atom stereocenters. The first-order chi connectivity index (χ1) is 12.3. The molecule has 4 nitrogen and oxygen atoms in total. The second-order valence-corrected chi connectivity index (χ2v) is 8.19. The van der Waals surface area contributed by atoms with Crippen molar-refractivity contribution in [2.45, 2.75) is 84.7 Å². The molecule has 0 amide bonds. The minimum absolute atomic E-state index is 0.00655. The summed E-state index contributed by atoms with van der Waals surface area (Å²) >= 11 is 0. The molecule has 1 rings (SSSR count). The van der Waals surface area contributed by atoms with E-state index in [1.807, 2.05) is 24.3 Å². The van der Waals surface area contributed by atoms with Gasteiger partial charge < -0.3 is 10.2 Å². The number of carbonyl (C=O) groups excluding carboxylic acids is 1. The lowest BCUT2D eigenvalue weighted by Crippen LogP contribution is -2.27. The van der Waals surface area contributed by atoms with Gasteiger partial charge in [0.15, 0.2) is 0 Å². The Bertz CT molecular complexity index is 504. The Morgan fingerprint density at radius 1 is 1.31 bits per heavy atom. The summed E-state index contributed by atoms with van der Waals surface area (Å²) in [6, 6.07) is 0. The van der Waals surface area contributed by atoms with Crippen LogP contribution in [-0.2, 0) is 9.59 Å². The van der Waals surface area contributed by atoms with E-state index in [2.05, 4.69) is 20.8 Å². The maximum atomic E-state index is 12.2. The quantitative estimate of drug-likeness (QED) is 0.381. The highest BCUT2D eigenvalue weighted by Crippen LogP contribution is 2.34. The Labute approximate surface area is 158 Å². The monoisotopic (exact) mass is 364 g/mol. The third-order valence-electron chi connectivity index (χ3n) is 5.49. The number of carbonyl (C=O) groups is 2. The van der Waals surface area contributed by atoms with E-state index in [0.29, 0.717) is 25.0 Å². The van der Waals surface area contributed by atoms with Crippen LogP contribution in [0.3, 0.4) is 0 Å². The molecule has 1 fully saturated rings. The number of carboxylic acid groups (broad SMARTS) is 1. The standard InChI is InChI=1S/C22H36O4/c1-4-5-16-22(2,3)20(24)15-13-17-12-14-19(23)18(17)10-8-6-7-9-11-21(25)26/h6,8,13,15,17-18,20,24H,4-5,7,9-12,14,16H2,1-3H3,(H,25,26)/t17-,18-,20-/m1/s1. The molecule has 0 saturated heterocycles. The van der Waals surface area contributed by atoms with Crippen LogP contribution in [0.4, 0.5) is 0 Å². The van der Waals surface area contributed by atoms with Gasteiger partial charge in [-0.1, -0.05) is 57.9 Å². The fourth-order valence-corrected chi connectivity index (χ4v) is 3.49. The summed E-state index contributed by atoms with van der Waals surface area (Å²) in [5.41, 5.74) is -0.144. The van der Waals surface area contributed by atoms with Gasteiger partial charge in [0.05, 0.1) is 6.10 Å². The minimum atomic E-state index is -0.769. The van der Waals surface area contributed by atoms with Crippen LogP contribution in [0, 0.1) is 17.3 Å². The summed E-state index contributed by atoms with van der Waals surface area (Å²) in [5, 5.41) is 19.1. The van der Waals surface area contributed by atoms with Gasteiger partial charge in [-0.15, -0.1) is 0 Å². The summed E-state index contributed by atoms with van der Waals surface area (Å²) in [6.45, 7) is 6.34. The van der Waals surface area contributed by atoms with Crippen LogP contribution in [0.2, 0.25) is 0 Å². The van der Waals surface area contributed by atoms with Crippen LogP contribution in [0.15, 0.2) is 24.3 Å². The summed E-state index contributed by atoms with van der Waals surface area (Å²) in [4.78, 5) is 22.7. The molecule has 1 saturated carbocycles. The normalized spacial score (nSPS) is 22.5. The molecule has 1 aliphatic carbocycles. The molecule has 0 aromatic heterocycles. The molecule has 4 heteroatoms. The molecule has 1 aliphatic rings. The van der Waals surface area contributed by atoms with E-state index in [1.165, 1.54) is 0 Å². The van der Waals surface area contributed by atoms with Gasteiger partial charge in [-0.3, -0.25) is 9.59 Å². The van der Waals surface area contributed by atoms with Crippen molar-refractivity contribution in [1.29, 1.82) is 0 Å². The number of hydrogen-bond donors (Lipinski definition) is 2. The second-order valence-electron chi connectivity index (χ2n) is 8.19. The first-order valence-corrected chi connectivity index (χ1v) is 10.0. The van der Waals surface area contributed by atoms with Crippen LogP contribution >= 0.6 is 0 Å². The number of allylic oxidation sites excluding steroid dienone is 3. The Morgan fingerprint density at radius 2 is 2.04 bits per heavy atom. The van der Waals surface area contributed by atoms with Gasteiger partial charge in [0.2, 0.25) is 0 Å². The molecular formula is C22H36O4. The van der Waals surface area contributed by atoms with E-state index >= 15 is 0 Å². The summed E-state index contributed by atoms with van der Waals surface area (Å²) < 4.78 is 0. The van der Waals surface area contributed by atoms with Crippen molar-refractivity contribution in [3.63, 3.8) is 0 Å². The number of Topliss-reactive ketones (excluding diaryl/α,β-unsaturated/α-hetero) is 1. The van der Waals surface area contributed by atoms with Crippen molar-refractivity contribution in [2.75, 3.05) is 0 Å². The molecule has 148 valence electrons. The van der Waals surface area contributed by atoms with Crippen molar-refractivity contribution in [3.05, 3.63) is 24.3 Å². The van der Waals surface area contributed by atoms with Crippen molar-refractivity contribution in [1.82, 2.24) is 0 Å². The smallest absolute Gasteiger partial charge is 0.303 e. The van der Waals surface area contributed by atoms with E-state index in [4.69, 9.17) is 5.11 Å². The van der Waals surface area contributed by atoms with Crippen LogP contribution in [0.1, 0.15) is 78.6 Å². The predicted octanol–water partition coefficient (Wildman–Crippen LogP) is 4.92. The molecule has 0 heterocycles. The molecule has 0 bridgehead atoms. The third kappa shape index (κ3) is 7.86. The van der Waals surface area contributed by atoms with Crippen LogP contribution in [0.25, 0.3) is 0 Å². The zero-order valence-electron chi connectivity index (χ0n) is 16.6. The molecule has 0 aromatic rings. The highest BCUT2D eigenvalue weighted by atomic mass is 16.4. The Morgan fingerprint density at radius 3 is 2.69 bits per heavy atom. The van der Waals surface area contributed by atoms with Gasteiger partial charge in [0.1, 0.15) is 5.78 Å². The van der Waals surface area contributed by atoms with Crippen LogP contribution < -0.4 is 0 Å². The molecule has 0 aliphatic heterocycles. The highest BCUT2D eigenvalue weighted by Gasteiger charge is 2.32. The molecule has 0 spiro atoms. The Kier molecular flexibility index (Phi) is 9.85. The maximum Gasteiger partial charge on any atom is 0.303 e. The first-order valence-electron chi connectivity index (χ1n) is 10.0. The largest absolute Gasteiger partial charge is 0.481 e. The topological polar surface area (TPSA) is 74.6 Å². The molecule has 26 heavy (non-hydrogen) atoms. The predicted molar refractivity (Wildman–Crippen MR) is 105 cm³/mol. The van der Waals surface area contributed by atoms with E-state index in [-0.39, 0.29) is 23.7 Å². The summed E-state index contributed by atoms with van der Waals surface area (Å²) in [6.07, 6.45) is 14.4. The summed E-state index contributed by atoms with van der Waals surface area (Å²) in [5.74, 6) is -0.278. The van der Waals surface area contributed by atoms with E-state index < -0.39 is 12.1 Å². The number of rotatable bonds is 12. The number of aliphatic hydroxyl groups is 1. The Balaban J connectivity index is 2.52. The van der Waals surface area contributed by atoms with E-state index in [9.17, 15) is 14.7 Å². The maximum absolute atomic E-state index is 12.2. The lowest BCUT2D eigenvalue weighted by molar-refractivity contribution is -0.137. The number of aliphatic hydroxyl groups excluding tert-OH is 1. The van der Waals surface area contributed by atoms with Gasteiger partial charge in [0, 0.05) is 18.8 Å². The number of aliphatic carboxylic acids is 1. The van der Waals surface area contributed by atoms with Crippen LogP contribution in [-0.4, -0.2) is 28.1 Å². The third-order valence-corrected chi connectivity index (χ3v) is 5.49. The van der Waals surface area contributed by atoms with Gasteiger partial charge in [0.25, 0.3) is 0 Å². The minimum Gasteiger partial charge on any atom is -0.481 e. The highest BCUT2D eigenvalue weighted by molar-refractivity contribution is 5.83. The van der Waals surface area contributed by atoms with Crippen molar-refractivity contribution in [2.24, 2.45) is 17.3 Å². The van der Waals surface area contributed by atoms with Crippen molar-refractivity contribution in [3.8, 4) is 0 Å². The first kappa shape index (κ1) is 22.6. The zero-order valence-corrected chi connectivity index (χ0v) is 16.6. The molecular weight excluding hydrogens is 328 g/mol. The average Bonchev–Trinajstić information content (AvgIpc) is 2.93. The number of unbranched alkanes of at least 4 members (excludes halogenated alkanes) is 2. The van der Waals surface area contributed by atoms with Gasteiger partial charge in [-0.05, 0) is 43.4 Å². The summed E-state index contributed by atoms with van der Waals surface area (Å²) in [7, 11) is 0. The Hall–Kier alpha value is -1.42. The lowest BCUT2D eigenvalue weighted by Gasteiger charge is -2.29. The number of hydrogen-bond acceptors (Lipinski definition) is 3. The average molecular weight is 365 g/mol.